The summed E-state index contributed by atoms with van der Waals surface area (Å²) in [7, 11) is 1.60. The van der Waals surface area contributed by atoms with Crippen LogP contribution in [0.5, 0.6) is 5.75 Å². The molecule has 0 aliphatic carbocycles. The van der Waals surface area contributed by atoms with Gasteiger partial charge in [0.2, 0.25) is 11.9 Å². The molecule has 4 rings (SSSR count). The fraction of sp³-hybridized carbons (Fsp3) is 0.143. The van der Waals surface area contributed by atoms with E-state index in [9.17, 15) is 4.79 Å². The molecule has 0 radical (unpaired) electrons. The maximum atomic E-state index is 12.2. The number of methoxy groups -OCH3 is 1. The summed E-state index contributed by atoms with van der Waals surface area (Å²) in [6, 6.07) is 14.9. The molecular formula is C21H19N5O2. The van der Waals surface area contributed by atoms with Gasteiger partial charge in [-0.25, -0.2) is 15.0 Å². The normalized spacial score (nSPS) is 10.8. The van der Waals surface area contributed by atoms with Gasteiger partial charge in [0.1, 0.15) is 11.3 Å². The molecule has 7 nitrogen and oxygen atoms in total. The van der Waals surface area contributed by atoms with Crippen molar-refractivity contribution < 1.29 is 4.74 Å². The quantitative estimate of drug-likeness (QED) is 0.566. The van der Waals surface area contributed by atoms with Gasteiger partial charge in [-0.1, -0.05) is 36.4 Å². The molecule has 140 valence electrons. The molecule has 2 heterocycles. The molecule has 0 bridgehead atoms. The lowest BCUT2D eigenvalue weighted by molar-refractivity contribution is 0.419. The van der Waals surface area contributed by atoms with Gasteiger partial charge in [-0.2, -0.15) is 0 Å². The molecule has 0 spiro atoms. The smallest absolute Gasteiger partial charge is 0.252 e. The van der Waals surface area contributed by atoms with E-state index in [4.69, 9.17) is 4.74 Å². The Morgan fingerprint density at radius 2 is 1.82 bits per heavy atom. The first kappa shape index (κ1) is 17.7. The standard InChI is InChI=1S/C21H19N5O2/c1-12-7-4-5-8-14(12)16-11-18(27)24-21(23-16)26-20-22-13(2)15-9-6-10-17(28-3)19(15)25-20/h4-11H,1-3H3,(H2,22,23,24,25,26,27). The van der Waals surface area contributed by atoms with E-state index in [0.29, 0.717) is 22.9 Å². The average Bonchev–Trinajstić information content (AvgIpc) is 2.67. The van der Waals surface area contributed by atoms with E-state index < -0.39 is 0 Å². The summed E-state index contributed by atoms with van der Waals surface area (Å²) in [4.78, 5) is 28.4. The van der Waals surface area contributed by atoms with Crippen molar-refractivity contribution >= 4 is 22.8 Å². The number of benzene rings is 2. The number of para-hydroxylation sites is 1. The number of nitrogens with one attached hydrogen (secondary N) is 2. The number of aromatic amines is 1. The lowest BCUT2D eigenvalue weighted by atomic mass is 10.1. The fourth-order valence-corrected chi connectivity index (χ4v) is 3.12. The van der Waals surface area contributed by atoms with Gasteiger partial charge in [-0.3, -0.25) is 15.1 Å². The summed E-state index contributed by atoms with van der Waals surface area (Å²) >= 11 is 0. The maximum Gasteiger partial charge on any atom is 0.252 e. The van der Waals surface area contributed by atoms with Gasteiger partial charge in [-0.15, -0.1) is 0 Å². The van der Waals surface area contributed by atoms with Crippen LogP contribution in [0.1, 0.15) is 11.3 Å². The molecule has 0 atom stereocenters. The minimum absolute atomic E-state index is 0.258. The number of fused-ring (bicyclic) bond motifs is 1. The van der Waals surface area contributed by atoms with Crippen LogP contribution in [0.3, 0.4) is 0 Å². The fourth-order valence-electron chi connectivity index (χ4n) is 3.12. The third-order valence-corrected chi connectivity index (χ3v) is 4.49. The van der Waals surface area contributed by atoms with Crippen molar-refractivity contribution in [3.05, 3.63) is 70.1 Å². The van der Waals surface area contributed by atoms with Gasteiger partial charge in [-0.05, 0) is 25.5 Å². The Labute approximate surface area is 161 Å². The zero-order valence-corrected chi connectivity index (χ0v) is 15.8. The molecule has 0 aliphatic rings. The SMILES string of the molecule is COc1cccc2c(C)nc(Nc3nc(-c4ccccc4C)cc(=O)[nH]3)nc12. The number of rotatable bonds is 4. The van der Waals surface area contributed by atoms with Crippen molar-refractivity contribution in [1.82, 2.24) is 19.9 Å². The molecule has 7 heteroatoms. The van der Waals surface area contributed by atoms with E-state index in [2.05, 4.69) is 25.3 Å². The maximum absolute atomic E-state index is 12.2. The predicted octanol–water partition coefficient (Wildman–Crippen LogP) is 3.75. The second-order valence-electron chi connectivity index (χ2n) is 6.41. The largest absolute Gasteiger partial charge is 0.494 e. The van der Waals surface area contributed by atoms with Crippen molar-refractivity contribution in [2.24, 2.45) is 0 Å². The topological polar surface area (TPSA) is 92.8 Å². The summed E-state index contributed by atoms with van der Waals surface area (Å²) in [5.74, 6) is 1.26. The molecule has 2 aromatic heterocycles. The van der Waals surface area contributed by atoms with E-state index in [1.807, 2.05) is 56.3 Å². The summed E-state index contributed by atoms with van der Waals surface area (Å²) < 4.78 is 5.41. The van der Waals surface area contributed by atoms with Crippen LogP contribution in [0.25, 0.3) is 22.2 Å². The Bertz CT molecular complexity index is 1230. The van der Waals surface area contributed by atoms with Crippen molar-refractivity contribution in [3.63, 3.8) is 0 Å². The molecular weight excluding hydrogens is 354 g/mol. The number of aryl methyl sites for hydroxylation is 2. The van der Waals surface area contributed by atoms with Gasteiger partial charge >= 0.3 is 0 Å². The Hall–Kier alpha value is -3.74. The highest BCUT2D eigenvalue weighted by molar-refractivity contribution is 5.87. The molecule has 4 aromatic rings. The second kappa shape index (κ2) is 7.11. The monoisotopic (exact) mass is 373 g/mol. The first-order valence-corrected chi connectivity index (χ1v) is 8.81. The van der Waals surface area contributed by atoms with Gasteiger partial charge in [0, 0.05) is 17.0 Å². The van der Waals surface area contributed by atoms with Crippen LogP contribution in [-0.2, 0) is 0 Å². The number of ether oxygens (including phenoxy) is 1. The van der Waals surface area contributed by atoms with E-state index in [1.165, 1.54) is 6.07 Å². The minimum Gasteiger partial charge on any atom is -0.494 e. The summed E-state index contributed by atoms with van der Waals surface area (Å²) in [5, 5.41) is 3.92. The van der Waals surface area contributed by atoms with Crippen LogP contribution >= 0.6 is 0 Å². The highest BCUT2D eigenvalue weighted by Crippen LogP contribution is 2.27. The molecule has 28 heavy (non-hydrogen) atoms. The van der Waals surface area contributed by atoms with E-state index in [1.54, 1.807) is 7.11 Å². The summed E-state index contributed by atoms with van der Waals surface area (Å²) in [6.07, 6.45) is 0. The third kappa shape index (κ3) is 3.29. The number of anilines is 2. The second-order valence-corrected chi connectivity index (χ2v) is 6.41. The Morgan fingerprint density at radius 3 is 2.61 bits per heavy atom. The molecule has 0 saturated carbocycles. The molecule has 0 aliphatic heterocycles. The highest BCUT2D eigenvalue weighted by atomic mass is 16.5. The number of aromatic nitrogens is 4. The number of hydrogen-bond donors (Lipinski definition) is 2. The summed E-state index contributed by atoms with van der Waals surface area (Å²) in [6.45, 7) is 3.88. The molecule has 0 fully saturated rings. The van der Waals surface area contributed by atoms with E-state index >= 15 is 0 Å². The van der Waals surface area contributed by atoms with Crippen molar-refractivity contribution in [3.8, 4) is 17.0 Å². The van der Waals surface area contributed by atoms with Crippen LogP contribution in [0, 0.1) is 13.8 Å². The van der Waals surface area contributed by atoms with Crippen LogP contribution in [0.15, 0.2) is 53.3 Å². The zero-order valence-electron chi connectivity index (χ0n) is 15.8. The lowest BCUT2D eigenvalue weighted by Gasteiger charge is -2.11. The number of nitrogens with zero attached hydrogens (tertiary/aromatic N) is 3. The van der Waals surface area contributed by atoms with E-state index in [0.717, 1.165) is 22.2 Å². The first-order valence-electron chi connectivity index (χ1n) is 8.81. The molecule has 0 saturated heterocycles. The molecule has 0 amide bonds. The Morgan fingerprint density at radius 1 is 1.00 bits per heavy atom. The first-order chi connectivity index (χ1) is 13.5. The third-order valence-electron chi connectivity index (χ3n) is 4.49. The Balaban J connectivity index is 1.78. The predicted molar refractivity (Wildman–Crippen MR) is 109 cm³/mol. The Kier molecular flexibility index (Phi) is 4.49. The van der Waals surface area contributed by atoms with Gasteiger partial charge in [0.15, 0.2) is 0 Å². The number of H-pyrrole nitrogens is 1. The number of hydrogen-bond acceptors (Lipinski definition) is 6. The van der Waals surface area contributed by atoms with Crippen molar-refractivity contribution in [2.45, 2.75) is 13.8 Å². The molecule has 0 unspecified atom stereocenters. The van der Waals surface area contributed by atoms with E-state index in [-0.39, 0.29) is 11.5 Å². The molecule has 2 aromatic carbocycles. The van der Waals surface area contributed by atoms with Crippen LogP contribution in [-0.4, -0.2) is 27.0 Å². The van der Waals surface area contributed by atoms with Crippen LogP contribution in [0.2, 0.25) is 0 Å². The minimum atomic E-state index is -0.258. The average molecular weight is 373 g/mol. The molecule has 2 N–H and O–H groups in total. The highest BCUT2D eigenvalue weighted by Gasteiger charge is 2.11. The zero-order chi connectivity index (χ0) is 19.7. The van der Waals surface area contributed by atoms with Crippen LogP contribution < -0.4 is 15.6 Å². The van der Waals surface area contributed by atoms with Crippen molar-refractivity contribution in [1.29, 1.82) is 0 Å². The van der Waals surface area contributed by atoms with Gasteiger partial charge in [0.05, 0.1) is 18.5 Å². The van der Waals surface area contributed by atoms with Gasteiger partial charge < -0.3 is 4.74 Å². The lowest BCUT2D eigenvalue weighted by Crippen LogP contribution is -2.12. The van der Waals surface area contributed by atoms with Crippen molar-refractivity contribution in [2.75, 3.05) is 12.4 Å². The summed E-state index contributed by atoms with van der Waals surface area (Å²) in [5.41, 5.74) is 3.74. The van der Waals surface area contributed by atoms with Gasteiger partial charge in [0.25, 0.3) is 5.56 Å². The van der Waals surface area contributed by atoms with Crippen LogP contribution in [0.4, 0.5) is 11.9 Å².